The number of rotatable bonds is 1. The third-order valence-corrected chi connectivity index (χ3v) is 3.34. The van der Waals surface area contributed by atoms with Gasteiger partial charge in [0, 0.05) is 11.8 Å². The van der Waals surface area contributed by atoms with Gasteiger partial charge in [0.1, 0.15) is 0 Å². The second-order valence-electron chi connectivity index (χ2n) is 3.58. The third kappa shape index (κ3) is 1.37. The fourth-order valence-corrected chi connectivity index (χ4v) is 2.54. The van der Waals surface area contributed by atoms with Crippen LogP contribution >= 0.6 is 11.3 Å². The Morgan fingerprint density at radius 2 is 2.19 bits per heavy atom. The molecule has 3 aromatic rings. The summed E-state index contributed by atoms with van der Waals surface area (Å²) in [5.74, 6) is 0. The highest BCUT2D eigenvalue weighted by molar-refractivity contribution is 7.20. The van der Waals surface area contributed by atoms with Gasteiger partial charge in [-0.3, -0.25) is 9.89 Å². The van der Waals surface area contributed by atoms with Crippen LogP contribution in [0.2, 0.25) is 0 Å². The lowest BCUT2D eigenvalue weighted by Crippen LogP contribution is -2.12. The summed E-state index contributed by atoms with van der Waals surface area (Å²) in [6.45, 7) is 1.85. The minimum absolute atomic E-state index is 0.0726. The van der Waals surface area contributed by atoms with Crippen molar-refractivity contribution in [2.75, 3.05) is 0 Å². The molecule has 0 atom stereocenters. The SMILES string of the molecule is Cc1cc(=O)n(-c2nc3ccccc3s2)[nH]1. The number of nitrogens with one attached hydrogen (secondary N) is 1. The number of benzene rings is 1. The van der Waals surface area contributed by atoms with Crippen molar-refractivity contribution in [1.82, 2.24) is 14.8 Å². The number of thiazole rings is 1. The van der Waals surface area contributed by atoms with Crippen molar-refractivity contribution in [1.29, 1.82) is 0 Å². The topological polar surface area (TPSA) is 50.7 Å². The predicted octanol–water partition coefficient (Wildman–Crippen LogP) is 2.08. The predicted molar refractivity (Wildman–Crippen MR) is 64.3 cm³/mol. The molecule has 3 rings (SSSR count). The number of aryl methyl sites for hydroxylation is 1. The van der Waals surface area contributed by atoms with E-state index in [1.54, 1.807) is 6.07 Å². The lowest BCUT2D eigenvalue weighted by molar-refractivity contribution is 0.829. The largest absolute Gasteiger partial charge is 0.293 e. The van der Waals surface area contributed by atoms with Gasteiger partial charge in [0.25, 0.3) is 5.56 Å². The van der Waals surface area contributed by atoms with Gasteiger partial charge in [-0.15, -0.1) is 0 Å². The lowest BCUT2D eigenvalue weighted by Gasteiger charge is -1.92. The molecule has 0 saturated carbocycles. The van der Waals surface area contributed by atoms with E-state index >= 15 is 0 Å². The van der Waals surface area contributed by atoms with Gasteiger partial charge in [-0.2, -0.15) is 4.68 Å². The Balaban J connectivity index is 2.26. The molecule has 5 heteroatoms. The Hall–Kier alpha value is -1.88. The van der Waals surface area contributed by atoms with E-state index in [9.17, 15) is 4.79 Å². The van der Waals surface area contributed by atoms with E-state index in [0.29, 0.717) is 5.13 Å². The Kier molecular flexibility index (Phi) is 1.94. The van der Waals surface area contributed by atoms with Crippen molar-refractivity contribution in [3.05, 3.63) is 46.4 Å². The summed E-state index contributed by atoms with van der Waals surface area (Å²) < 4.78 is 2.55. The fourth-order valence-electron chi connectivity index (χ4n) is 1.61. The van der Waals surface area contributed by atoms with Gasteiger partial charge in [0.2, 0.25) is 5.13 Å². The zero-order chi connectivity index (χ0) is 11.1. The molecule has 0 bridgehead atoms. The van der Waals surface area contributed by atoms with Gasteiger partial charge in [-0.05, 0) is 19.1 Å². The third-order valence-electron chi connectivity index (χ3n) is 2.32. The van der Waals surface area contributed by atoms with Crippen LogP contribution in [0.3, 0.4) is 0 Å². The number of nitrogens with zero attached hydrogens (tertiary/aromatic N) is 2. The van der Waals surface area contributed by atoms with Crippen LogP contribution in [0, 0.1) is 6.92 Å². The standard InChI is InChI=1S/C11H9N3OS/c1-7-6-10(15)14(13-7)11-12-8-4-2-3-5-9(8)16-11/h2-6,13H,1H3. The number of fused-ring (bicyclic) bond motifs is 1. The summed E-state index contributed by atoms with van der Waals surface area (Å²) in [4.78, 5) is 16.0. The summed E-state index contributed by atoms with van der Waals surface area (Å²) in [7, 11) is 0. The minimum Gasteiger partial charge on any atom is -0.293 e. The summed E-state index contributed by atoms with van der Waals surface area (Å²) in [5.41, 5.74) is 1.68. The van der Waals surface area contributed by atoms with Gasteiger partial charge < -0.3 is 0 Å². The van der Waals surface area contributed by atoms with Crippen molar-refractivity contribution in [3.63, 3.8) is 0 Å². The molecule has 0 aliphatic heterocycles. The molecular formula is C11H9N3OS. The van der Waals surface area contributed by atoms with E-state index in [4.69, 9.17) is 0 Å². The number of para-hydroxylation sites is 1. The van der Waals surface area contributed by atoms with E-state index in [1.165, 1.54) is 16.0 Å². The van der Waals surface area contributed by atoms with Crippen molar-refractivity contribution in [3.8, 4) is 5.13 Å². The van der Waals surface area contributed by atoms with Crippen LogP contribution in [-0.4, -0.2) is 14.8 Å². The second-order valence-corrected chi connectivity index (χ2v) is 4.59. The maximum Gasteiger partial charge on any atom is 0.273 e. The van der Waals surface area contributed by atoms with E-state index in [1.807, 2.05) is 31.2 Å². The van der Waals surface area contributed by atoms with Gasteiger partial charge in [-0.1, -0.05) is 23.5 Å². The Morgan fingerprint density at radius 3 is 2.88 bits per heavy atom. The average Bonchev–Trinajstić information content (AvgIpc) is 2.81. The molecular weight excluding hydrogens is 222 g/mol. The van der Waals surface area contributed by atoms with E-state index < -0.39 is 0 Å². The normalized spacial score (nSPS) is 11.1. The summed E-state index contributed by atoms with van der Waals surface area (Å²) in [6, 6.07) is 9.40. The molecule has 4 nitrogen and oxygen atoms in total. The highest BCUT2D eigenvalue weighted by Gasteiger charge is 2.08. The Morgan fingerprint density at radius 1 is 1.38 bits per heavy atom. The first-order chi connectivity index (χ1) is 7.74. The molecule has 1 N–H and O–H groups in total. The van der Waals surface area contributed by atoms with Crippen LogP contribution in [0.5, 0.6) is 0 Å². The number of hydrogen-bond acceptors (Lipinski definition) is 3. The highest BCUT2D eigenvalue weighted by atomic mass is 32.1. The van der Waals surface area contributed by atoms with Crippen LogP contribution in [0.25, 0.3) is 15.3 Å². The fraction of sp³-hybridized carbons (Fsp3) is 0.0909. The van der Waals surface area contributed by atoms with E-state index in [-0.39, 0.29) is 5.56 Å². The lowest BCUT2D eigenvalue weighted by atomic mass is 10.3. The minimum atomic E-state index is -0.0726. The highest BCUT2D eigenvalue weighted by Crippen LogP contribution is 2.23. The van der Waals surface area contributed by atoms with Gasteiger partial charge >= 0.3 is 0 Å². The summed E-state index contributed by atoms with van der Waals surface area (Å²) >= 11 is 1.50. The molecule has 0 fully saturated rings. The quantitative estimate of drug-likeness (QED) is 0.697. The van der Waals surface area contributed by atoms with Crippen LogP contribution in [0.1, 0.15) is 5.69 Å². The summed E-state index contributed by atoms with van der Waals surface area (Å²) in [5, 5.41) is 3.65. The second kappa shape index (κ2) is 3.31. The van der Waals surface area contributed by atoms with Crippen molar-refractivity contribution in [2.24, 2.45) is 0 Å². The zero-order valence-electron chi connectivity index (χ0n) is 8.60. The van der Waals surface area contributed by atoms with Gasteiger partial charge in [0.15, 0.2) is 0 Å². The van der Waals surface area contributed by atoms with Crippen LogP contribution < -0.4 is 5.56 Å². The molecule has 0 spiro atoms. The first-order valence-corrected chi connectivity index (χ1v) is 5.70. The van der Waals surface area contributed by atoms with Crippen molar-refractivity contribution in [2.45, 2.75) is 6.92 Å². The van der Waals surface area contributed by atoms with Crippen LogP contribution in [0.15, 0.2) is 35.1 Å². The molecule has 2 aromatic heterocycles. The molecule has 0 unspecified atom stereocenters. The molecule has 0 amide bonds. The molecule has 0 aliphatic rings. The Bertz CT molecular complexity index is 674. The molecule has 0 saturated heterocycles. The van der Waals surface area contributed by atoms with E-state index in [2.05, 4.69) is 10.1 Å². The van der Waals surface area contributed by atoms with Crippen molar-refractivity contribution >= 4 is 21.6 Å². The molecule has 16 heavy (non-hydrogen) atoms. The van der Waals surface area contributed by atoms with Crippen LogP contribution in [-0.2, 0) is 0 Å². The zero-order valence-corrected chi connectivity index (χ0v) is 9.41. The maximum atomic E-state index is 11.6. The molecule has 0 radical (unpaired) electrons. The van der Waals surface area contributed by atoms with Crippen LogP contribution in [0.4, 0.5) is 0 Å². The molecule has 2 heterocycles. The summed E-state index contributed by atoms with van der Waals surface area (Å²) in [6.07, 6.45) is 0. The molecule has 0 aliphatic carbocycles. The van der Waals surface area contributed by atoms with E-state index in [0.717, 1.165) is 15.9 Å². The molecule has 80 valence electrons. The molecule has 1 aromatic carbocycles. The maximum absolute atomic E-state index is 11.6. The first-order valence-electron chi connectivity index (χ1n) is 4.89. The van der Waals surface area contributed by atoms with Gasteiger partial charge in [0.05, 0.1) is 10.2 Å². The number of H-pyrrole nitrogens is 1. The number of hydrogen-bond donors (Lipinski definition) is 1. The van der Waals surface area contributed by atoms with Gasteiger partial charge in [-0.25, -0.2) is 4.98 Å². The van der Waals surface area contributed by atoms with Crippen molar-refractivity contribution < 1.29 is 0 Å². The first kappa shape index (κ1) is 9.35. The Labute approximate surface area is 95.2 Å². The smallest absolute Gasteiger partial charge is 0.273 e. The number of aromatic amines is 1. The average molecular weight is 231 g/mol. The number of aromatic nitrogens is 3. The monoisotopic (exact) mass is 231 g/mol.